The molecule has 0 bridgehead atoms. The molecule has 4 rings (SSSR count). The zero-order valence-corrected chi connectivity index (χ0v) is 20.5. The summed E-state index contributed by atoms with van der Waals surface area (Å²) in [7, 11) is 3.72. The van der Waals surface area contributed by atoms with Crippen molar-refractivity contribution in [3.05, 3.63) is 111 Å². The minimum Gasteiger partial charge on any atom is -0.507 e. The summed E-state index contributed by atoms with van der Waals surface area (Å²) in [6.07, 6.45) is 0. The van der Waals surface area contributed by atoms with E-state index in [9.17, 15) is 24.8 Å². The van der Waals surface area contributed by atoms with Gasteiger partial charge in [0.05, 0.1) is 16.5 Å². The van der Waals surface area contributed by atoms with E-state index in [1.807, 2.05) is 49.3 Å². The van der Waals surface area contributed by atoms with Crippen LogP contribution in [0.15, 0.2) is 84.4 Å². The number of non-ortho nitro benzene ring substituents is 1. The lowest BCUT2D eigenvalue weighted by Crippen LogP contribution is -2.35. The highest BCUT2D eigenvalue weighted by molar-refractivity contribution is 6.46. The first-order chi connectivity index (χ1) is 17.8. The zero-order valence-electron chi connectivity index (χ0n) is 20.5. The average Bonchev–Trinajstić information content (AvgIpc) is 3.16. The Morgan fingerprint density at radius 3 is 2.24 bits per heavy atom. The third-order valence-corrected chi connectivity index (χ3v) is 6.12. The Morgan fingerprint density at radius 2 is 1.65 bits per heavy atom. The fraction of sp³-hybridized carbons (Fsp3) is 0.214. The number of benzene rings is 3. The number of likely N-dealkylation sites (N-methyl/N-ethyl adjacent to an activating group) is 1. The summed E-state index contributed by atoms with van der Waals surface area (Å²) in [6, 6.07) is 21.2. The zero-order chi connectivity index (χ0) is 26.5. The van der Waals surface area contributed by atoms with Crippen LogP contribution in [0.1, 0.15) is 22.7 Å². The molecule has 1 amide bonds. The molecular weight excluding hydrogens is 474 g/mol. The number of hydrogen-bond acceptors (Lipinski definition) is 7. The highest BCUT2D eigenvalue weighted by atomic mass is 16.6. The van der Waals surface area contributed by atoms with E-state index >= 15 is 0 Å². The number of nitro groups is 1. The first kappa shape index (κ1) is 25.6. The third-order valence-electron chi connectivity index (χ3n) is 6.12. The molecule has 9 nitrogen and oxygen atoms in total. The van der Waals surface area contributed by atoms with Crippen LogP contribution in [0.2, 0.25) is 0 Å². The van der Waals surface area contributed by atoms with Gasteiger partial charge in [0, 0.05) is 30.8 Å². The van der Waals surface area contributed by atoms with Gasteiger partial charge in [-0.15, -0.1) is 0 Å². The van der Waals surface area contributed by atoms with Gasteiger partial charge in [-0.3, -0.25) is 19.7 Å². The summed E-state index contributed by atoms with van der Waals surface area (Å²) in [5, 5.41) is 22.1. The van der Waals surface area contributed by atoms with Crippen LogP contribution in [0.4, 0.5) is 5.69 Å². The lowest BCUT2D eigenvalue weighted by atomic mass is 9.95. The first-order valence-electron chi connectivity index (χ1n) is 11.7. The molecule has 0 saturated carbocycles. The second-order valence-electron chi connectivity index (χ2n) is 8.94. The van der Waals surface area contributed by atoms with Crippen LogP contribution in [0.25, 0.3) is 5.76 Å². The molecule has 3 aromatic carbocycles. The largest absolute Gasteiger partial charge is 0.507 e. The maximum absolute atomic E-state index is 13.1. The predicted molar refractivity (Wildman–Crippen MR) is 138 cm³/mol. The number of ether oxygens (including phenoxy) is 1. The van der Waals surface area contributed by atoms with E-state index in [1.54, 1.807) is 24.3 Å². The van der Waals surface area contributed by atoms with Crippen molar-refractivity contribution >= 4 is 23.1 Å². The molecule has 9 heteroatoms. The number of hydrogen-bond donors (Lipinski definition) is 1. The molecule has 1 unspecified atom stereocenters. The van der Waals surface area contributed by atoms with E-state index in [-0.39, 0.29) is 29.1 Å². The number of rotatable bonds is 9. The van der Waals surface area contributed by atoms with E-state index in [0.29, 0.717) is 24.5 Å². The second kappa shape index (κ2) is 11.0. The number of amides is 1. The normalized spacial score (nSPS) is 16.8. The molecule has 1 N–H and O–H groups in total. The molecule has 0 radical (unpaired) electrons. The van der Waals surface area contributed by atoms with Crippen LogP contribution >= 0.6 is 0 Å². The summed E-state index contributed by atoms with van der Waals surface area (Å²) in [5.41, 5.74) is 1.66. The Balaban J connectivity index is 1.68. The molecule has 37 heavy (non-hydrogen) atoms. The molecule has 1 aliphatic heterocycles. The number of aliphatic hydroxyl groups is 1. The molecule has 1 saturated heterocycles. The van der Waals surface area contributed by atoms with Gasteiger partial charge in [0.2, 0.25) is 0 Å². The van der Waals surface area contributed by atoms with E-state index < -0.39 is 22.7 Å². The van der Waals surface area contributed by atoms with Crippen LogP contribution < -0.4 is 4.74 Å². The van der Waals surface area contributed by atoms with Crippen molar-refractivity contribution in [3.8, 4) is 5.75 Å². The van der Waals surface area contributed by atoms with Gasteiger partial charge in [-0.05, 0) is 49.5 Å². The SMILES string of the molecule is CN(C)CCN1C(=O)C(=O)/C(=C(\O)c2ccc([N+](=O)[O-])cc2)C1c1ccc(OCc2ccccc2)cc1. The van der Waals surface area contributed by atoms with Crippen molar-refractivity contribution < 1.29 is 24.4 Å². The fourth-order valence-corrected chi connectivity index (χ4v) is 4.15. The molecule has 0 spiro atoms. The lowest BCUT2D eigenvalue weighted by Gasteiger charge is -2.26. The standard InChI is InChI=1S/C28H27N3O6/c1-29(2)16-17-30-25(20-10-14-23(15-11-20)37-18-19-6-4-3-5-7-19)24(27(33)28(30)34)26(32)21-8-12-22(13-9-21)31(35)36/h3-15,25,32H,16-18H2,1-2H3/b26-24-. The number of nitrogens with zero attached hydrogens (tertiary/aromatic N) is 3. The van der Waals surface area contributed by atoms with Gasteiger partial charge in [0.25, 0.3) is 17.4 Å². The molecular formula is C28H27N3O6. The molecule has 190 valence electrons. The lowest BCUT2D eigenvalue weighted by molar-refractivity contribution is -0.384. The van der Waals surface area contributed by atoms with Gasteiger partial charge >= 0.3 is 0 Å². The summed E-state index contributed by atoms with van der Waals surface area (Å²) in [4.78, 5) is 39.9. The minimum atomic E-state index is -0.821. The molecule has 0 aliphatic carbocycles. The predicted octanol–water partition coefficient (Wildman–Crippen LogP) is 4.16. The van der Waals surface area contributed by atoms with Crippen molar-refractivity contribution in [1.82, 2.24) is 9.80 Å². The van der Waals surface area contributed by atoms with Gasteiger partial charge < -0.3 is 19.6 Å². The van der Waals surface area contributed by atoms with Crippen molar-refractivity contribution in [2.45, 2.75) is 12.6 Å². The quantitative estimate of drug-likeness (QED) is 0.154. The van der Waals surface area contributed by atoms with Gasteiger partial charge in [0.15, 0.2) is 0 Å². The summed E-state index contributed by atoms with van der Waals surface area (Å²) < 4.78 is 5.86. The Bertz CT molecular complexity index is 1320. The van der Waals surface area contributed by atoms with Gasteiger partial charge in [-0.25, -0.2) is 0 Å². The van der Waals surface area contributed by atoms with Crippen molar-refractivity contribution in [2.24, 2.45) is 0 Å². The summed E-state index contributed by atoms with van der Waals surface area (Å²) in [5.74, 6) is -1.27. The topological polar surface area (TPSA) is 113 Å². The maximum atomic E-state index is 13.1. The Morgan fingerprint density at radius 1 is 1.00 bits per heavy atom. The van der Waals surface area contributed by atoms with E-state index in [1.165, 1.54) is 29.2 Å². The molecule has 1 aliphatic rings. The third kappa shape index (κ3) is 5.68. The molecule has 0 aromatic heterocycles. The Hall–Kier alpha value is -4.50. The van der Waals surface area contributed by atoms with Crippen LogP contribution in [0, 0.1) is 10.1 Å². The number of aliphatic hydroxyl groups excluding tert-OH is 1. The number of ketones is 1. The Kier molecular flexibility index (Phi) is 7.64. The average molecular weight is 502 g/mol. The number of carbonyl (C=O) groups is 2. The van der Waals surface area contributed by atoms with Crippen molar-refractivity contribution in [2.75, 3.05) is 27.2 Å². The van der Waals surface area contributed by atoms with Gasteiger partial charge in [-0.2, -0.15) is 0 Å². The second-order valence-corrected chi connectivity index (χ2v) is 8.94. The summed E-state index contributed by atoms with van der Waals surface area (Å²) >= 11 is 0. The van der Waals surface area contributed by atoms with Crippen LogP contribution in [-0.2, 0) is 16.2 Å². The van der Waals surface area contributed by atoms with E-state index in [4.69, 9.17) is 4.74 Å². The van der Waals surface area contributed by atoms with Gasteiger partial charge in [0.1, 0.15) is 18.1 Å². The smallest absolute Gasteiger partial charge is 0.295 e. The highest BCUT2D eigenvalue weighted by Gasteiger charge is 2.45. The first-order valence-corrected chi connectivity index (χ1v) is 11.7. The maximum Gasteiger partial charge on any atom is 0.295 e. The van der Waals surface area contributed by atoms with Crippen molar-refractivity contribution in [1.29, 1.82) is 0 Å². The Labute approximate surface area is 214 Å². The summed E-state index contributed by atoms with van der Waals surface area (Å²) in [6.45, 7) is 1.17. The molecule has 1 fully saturated rings. The van der Waals surface area contributed by atoms with Crippen LogP contribution in [-0.4, -0.2) is 58.7 Å². The molecule has 1 heterocycles. The van der Waals surface area contributed by atoms with Crippen LogP contribution in [0.5, 0.6) is 5.75 Å². The van der Waals surface area contributed by atoms with E-state index in [0.717, 1.165) is 5.56 Å². The number of likely N-dealkylation sites (tertiary alicyclic amines) is 1. The number of nitro benzene ring substituents is 1. The minimum absolute atomic E-state index is 0.0597. The van der Waals surface area contributed by atoms with Crippen LogP contribution in [0.3, 0.4) is 0 Å². The molecule has 1 atom stereocenters. The monoisotopic (exact) mass is 501 g/mol. The molecule has 3 aromatic rings. The number of carbonyl (C=O) groups excluding carboxylic acids is 2. The fourth-order valence-electron chi connectivity index (χ4n) is 4.15. The van der Waals surface area contributed by atoms with Crippen molar-refractivity contribution in [3.63, 3.8) is 0 Å². The highest BCUT2D eigenvalue weighted by Crippen LogP contribution is 2.39. The van der Waals surface area contributed by atoms with Gasteiger partial charge in [-0.1, -0.05) is 42.5 Å². The van der Waals surface area contributed by atoms with E-state index in [2.05, 4.69) is 0 Å². The number of Topliss-reactive ketones (excluding diaryl/α,β-unsaturated/α-hetero) is 1.